The maximum atomic E-state index is 12.7. The topological polar surface area (TPSA) is 76.9 Å². The number of nitrogens with one attached hydrogen (secondary N) is 1. The van der Waals surface area contributed by atoms with Gasteiger partial charge in [0.25, 0.3) is 11.5 Å². The number of amides is 1. The largest absolute Gasteiger partial charge is 0.347 e. The summed E-state index contributed by atoms with van der Waals surface area (Å²) in [5, 5.41) is 2.88. The molecule has 140 valence electrons. The Labute approximate surface area is 165 Å². The first-order valence-corrected chi connectivity index (χ1v) is 9.61. The van der Waals surface area contributed by atoms with Gasteiger partial charge in [0.05, 0.1) is 12.9 Å². The third-order valence-electron chi connectivity index (χ3n) is 4.39. The minimum Gasteiger partial charge on any atom is -0.347 e. The van der Waals surface area contributed by atoms with Gasteiger partial charge >= 0.3 is 0 Å². The summed E-state index contributed by atoms with van der Waals surface area (Å²) in [5.74, 6) is -0.276. The van der Waals surface area contributed by atoms with Crippen molar-refractivity contribution in [1.82, 2.24) is 19.2 Å². The van der Waals surface area contributed by atoms with Crippen LogP contribution in [0.2, 0.25) is 0 Å². The lowest BCUT2D eigenvalue weighted by atomic mass is 10.1. The number of carbonyl (C=O) groups is 1. The first-order valence-electron chi connectivity index (χ1n) is 8.84. The van der Waals surface area contributed by atoms with Crippen LogP contribution in [0.5, 0.6) is 0 Å². The number of carbonyl (C=O) groups excluding carboxylic acids is 1. The minimum absolute atomic E-state index is 0.226. The zero-order chi connectivity index (χ0) is 19.5. The Morgan fingerprint density at radius 3 is 2.64 bits per heavy atom. The second kappa shape index (κ2) is 7.74. The van der Waals surface area contributed by atoms with E-state index in [0.717, 1.165) is 28.2 Å². The van der Waals surface area contributed by atoms with E-state index in [0.29, 0.717) is 23.5 Å². The fraction of sp³-hybridized carbons (Fsp3) is 0.143. The molecule has 0 atom stereocenters. The van der Waals surface area contributed by atoms with Gasteiger partial charge in [-0.3, -0.25) is 14.2 Å². The predicted molar refractivity (Wildman–Crippen MR) is 110 cm³/mol. The Morgan fingerprint density at radius 2 is 1.86 bits per heavy atom. The molecule has 0 aliphatic heterocycles. The third kappa shape index (κ3) is 3.70. The summed E-state index contributed by atoms with van der Waals surface area (Å²) in [6, 6.07) is 17.6. The Balaban J connectivity index is 1.56. The molecule has 0 fully saturated rings. The van der Waals surface area contributed by atoms with Crippen LogP contribution in [-0.4, -0.2) is 19.8 Å². The highest BCUT2D eigenvalue weighted by atomic mass is 32.1. The van der Waals surface area contributed by atoms with Crippen LogP contribution in [0.25, 0.3) is 11.0 Å². The molecule has 0 aliphatic rings. The number of aromatic nitrogens is 3. The van der Waals surface area contributed by atoms with Crippen molar-refractivity contribution in [3.05, 3.63) is 92.8 Å². The number of hydrogen-bond donors (Lipinski definition) is 1. The zero-order valence-electron chi connectivity index (χ0n) is 15.3. The molecule has 7 heteroatoms. The summed E-state index contributed by atoms with van der Waals surface area (Å²) in [6.07, 6.45) is 1.48. The number of benzene rings is 2. The van der Waals surface area contributed by atoms with E-state index in [-0.39, 0.29) is 17.0 Å². The Morgan fingerprint density at radius 1 is 1.07 bits per heavy atom. The van der Waals surface area contributed by atoms with Gasteiger partial charge in [-0.05, 0) is 29.6 Å². The van der Waals surface area contributed by atoms with Gasteiger partial charge in [0.2, 0.25) is 0 Å². The lowest BCUT2D eigenvalue weighted by Gasteiger charge is -2.06. The van der Waals surface area contributed by atoms with Crippen molar-refractivity contribution in [3.63, 3.8) is 0 Å². The van der Waals surface area contributed by atoms with Gasteiger partial charge in [-0.1, -0.05) is 60.2 Å². The normalized spacial score (nSPS) is 10.9. The summed E-state index contributed by atoms with van der Waals surface area (Å²) >= 11 is 1.00. The smallest absolute Gasteiger partial charge is 0.281 e. The molecule has 0 unspecified atom stereocenters. The summed E-state index contributed by atoms with van der Waals surface area (Å²) in [5.41, 5.74) is 3.47. The standard InChI is InChI=1S/C21H18N4O2S/c1-14-6-5-9-16(10-14)11-22-20(26)19-17-18(24-28-19)21(27)25(13-23-17)12-15-7-3-2-4-8-15/h2-10,13H,11-12H2,1H3,(H,22,26). The lowest BCUT2D eigenvalue weighted by Crippen LogP contribution is -2.24. The van der Waals surface area contributed by atoms with Crippen LogP contribution in [0, 0.1) is 6.92 Å². The molecule has 2 aromatic carbocycles. The molecule has 1 amide bonds. The summed E-state index contributed by atoms with van der Waals surface area (Å²) < 4.78 is 5.70. The van der Waals surface area contributed by atoms with E-state index in [1.54, 1.807) is 0 Å². The van der Waals surface area contributed by atoms with Crippen LogP contribution >= 0.6 is 11.5 Å². The molecule has 0 spiro atoms. The SMILES string of the molecule is Cc1cccc(CNC(=O)c2snc3c(=O)n(Cc4ccccc4)cnc23)c1. The van der Waals surface area contributed by atoms with Crippen LogP contribution in [0.3, 0.4) is 0 Å². The first-order chi connectivity index (χ1) is 13.6. The fourth-order valence-electron chi connectivity index (χ4n) is 2.99. The lowest BCUT2D eigenvalue weighted by molar-refractivity contribution is 0.0956. The van der Waals surface area contributed by atoms with Gasteiger partial charge in [0, 0.05) is 6.54 Å². The molecule has 0 aliphatic carbocycles. The Hall–Kier alpha value is -3.32. The number of aryl methyl sites for hydroxylation is 1. The van der Waals surface area contributed by atoms with Gasteiger partial charge in [0.15, 0.2) is 5.52 Å². The van der Waals surface area contributed by atoms with E-state index in [1.165, 1.54) is 10.9 Å². The van der Waals surface area contributed by atoms with Crippen LogP contribution in [0.4, 0.5) is 0 Å². The molecule has 0 saturated carbocycles. The summed E-state index contributed by atoms with van der Waals surface area (Å²) in [7, 11) is 0. The van der Waals surface area contributed by atoms with Gasteiger partial charge in [-0.15, -0.1) is 0 Å². The summed E-state index contributed by atoms with van der Waals surface area (Å²) in [6.45, 7) is 2.83. The predicted octanol–water partition coefficient (Wildman–Crippen LogP) is 3.14. The Kier molecular flexibility index (Phi) is 4.99. The number of fused-ring (bicyclic) bond motifs is 1. The van der Waals surface area contributed by atoms with E-state index < -0.39 is 0 Å². The minimum atomic E-state index is -0.276. The van der Waals surface area contributed by atoms with Crippen molar-refractivity contribution in [1.29, 1.82) is 0 Å². The molecule has 2 aromatic heterocycles. The molecule has 1 N–H and O–H groups in total. The molecular formula is C21H18N4O2S. The highest BCUT2D eigenvalue weighted by molar-refractivity contribution is 7.09. The number of hydrogen-bond acceptors (Lipinski definition) is 5. The van der Waals surface area contributed by atoms with Crippen molar-refractivity contribution in [2.24, 2.45) is 0 Å². The highest BCUT2D eigenvalue weighted by Crippen LogP contribution is 2.18. The number of nitrogens with zero attached hydrogens (tertiary/aromatic N) is 3. The van der Waals surface area contributed by atoms with Gasteiger partial charge in [-0.25, -0.2) is 4.98 Å². The van der Waals surface area contributed by atoms with E-state index in [9.17, 15) is 9.59 Å². The van der Waals surface area contributed by atoms with Gasteiger partial charge in [-0.2, -0.15) is 4.37 Å². The molecule has 6 nitrogen and oxygen atoms in total. The van der Waals surface area contributed by atoms with Crippen molar-refractivity contribution < 1.29 is 4.79 Å². The quantitative estimate of drug-likeness (QED) is 0.568. The van der Waals surface area contributed by atoms with Crippen molar-refractivity contribution in [3.8, 4) is 0 Å². The molecule has 0 bridgehead atoms. The molecule has 4 aromatic rings. The Bertz CT molecular complexity index is 1200. The molecule has 0 saturated heterocycles. The number of rotatable bonds is 5. The van der Waals surface area contributed by atoms with Crippen LogP contribution in [0.15, 0.2) is 65.7 Å². The third-order valence-corrected chi connectivity index (χ3v) is 5.23. The van der Waals surface area contributed by atoms with Crippen LogP contribution in [-0.2, 0) is 13.1 Å². The monoisotopic (exact) mass is 390 g/mol. The highest BCUT2D eigenvalue weighted by Gasteiger charge is 2.18. The van der Waals surface area contributed by atoms with Gasteiger partial charge < -0.3 is 5.32 Å². The van der Waals surface area contributed by atoms with E-state index in [1.807, 2.05) is 61.5 Å². The maximum Gasteiger partial charge on any atom is 0.281 e. The second-order valence-corrected chi connectivity index (χ2v) is 7.32. The van der Waals surface area contributed by atoms with E-state index in [2.05, 4.69) is 14.7 Å². The van der Waals surface area contributed by atoms with Crippen LogP contribution in [0.1, 0.15) is 26.4 Å². The zero-order valence-corrected chi connectivity index (χ0v) is 16.1. The maximum absolute atomic E-state index is 12.7. The molecular weight excluding hydrogens is 372 g/mol. The van der Waals surface area contributed by atoms with E-state index in [4.69, 9.17) is 0 Å². The second-order valence-electron chi connectivity index (χ2n) is 6.54. The fourth-order valence-corrected chi connectivity index (χ4v) is 3.73. The first kappa shape index (κ1) is 18.1. The van der Waals surface area contributed by atoms with Crippen molar-refractivity contribution in [2.75, 3.05) is 0 Å². The van der Waals surface area contributed by atoms with E-state index >= 15 is 0 Å². The van der Waals surface area contributed by atoms with Crippen molar-refractivity contribution in [2.45, 2.75) is 20.0 Å². The van der Waals surface area contributed by atoms with Gasteiger partial charge in [0.1, 0.15) is 10.4 Å². The average Bonchev–Trinajstić information content (AvgIpc) is 3.14. The molecule has 2 heterocycles. The van der Waals surface area contributed by atoms with Crippen LogP contribution < -0.4 is 10.9 Å². The molecule has 4 rings (SSSR count). The molecule has 28 heavy (non-hydrogen) atoms. The summed E-state index contributed by atoms with van der Waals surface area (Å²) in [4.78, 5) is 30.0. The molecule has 0 radical (unpaired) electrons. The average molecular weight is 390 g/mol. The van der Waals surface area contributed by atoms with Crippen molar-refractivity contribution >= 4 is 28.5 Å².